The molecule has 2 aromatic rings. The van der Waals surface area contributed by atoms with Gasteiger partial charge in [0.2, 0.25) is 0 Å². The van der Waals surface area contributed by atoms with E-state index in [1.54, 1.807) is 18.6 Å². The summed E-state index contributed by atoms with van der Waals surface area (Å²) in [6.45, 7) is 2.17. The molecule has 0 unspecified atom stereocenters. The molecule has 88 valence electrons. The highest BCUT2D eigenvalue weighted by atomic mass is 19.1. The maximum Gasteiger partial charge on any atom is 0.116 e. The van der Waals surface area contributed by atoms with Crippen molar-refractivity contribution in [3.8, 4) is 11.3 Å². The van der Waals surface area contributed by atoms with Gasteiger partial charge < -0.3 is 4.57 Å². The molecule has 0 aliphatic carbocycles. The van der Waals surface area contributed by atoms with Gasteiger partial charge in [-0.3, -0.25) is 0 Å². The second-order valence-corrected chi connectivity index (χ2v) is 3.83. The molecule has 0 aliphatic rings. The van der Waals surface area contributed by atoms with E-state index in [1.165, 1.54) is 0 Å². The zero-order valence-electron chi connectivity index (χ0n) is 9.81. The van der Waals surface area contributed by atoms with Crippen molar-refractivity contribution in [1.29, 1.82) is 0 Å². The van der Waals surface area contributed by atoms with E-state index in [9.17, 15) is 4.39 Å². The standard InChI is InChI=1S/C14H15FN2/c1-2-6-13(15)10-17-11-16-9-14(17)12-7-4-3-5-8-12/h3-9,11H,2,10H2,1H3. The lowest BCUT2D eigenvalue weighted by Gasteiger charge is -2.06. The number of allylic oxidation sites excluding steroid dienone is 2. The van der Waals surface area contributed by atoms with Gasteiger partial charge in [0, 0.05) is 0 Å². The van der Waals surface area contributed by atoms with Gasteiger partial charge >= 0.3 is 0 Å². The second-order valence-electron chi connectivity index (χ2n) is 3.83. The smallest absolute Gasteiger partial charge is 0.116 e. The molecule has 0 fully saturated rings. The summed E-state index contributed by atoms with van der Waals surface area (Å²) < 4.78 is 15.3. The highest BCUT2D eigenvalue weighted by Gasteiger charge is 2.05. The molecule has 0 spiro atoms. The van der Waals surface area contributed by atoms with Crippen LogP contribution in [0.15, 0.2) is 54.8 Å². The van der Waals surface area contributed by atoms with Gasteiger partial charge in [-0.05, 0) is 12.0 Å². The van der Waals surface area contributed by atoms with Crippen molar-refractivity contribution >= 4 is 0 Å². The van der Waals surface area contributed by atoms with Gasteiger partial charge in [-0.25, -0.2) is 9.37 Å². The number of rotatable bonds is 4. The number of imidazole rings is 1. The zero-order chi connectivity index (χ0) is 12.1. The largest absolute Gasteiger partial charge is 0.324 e. The first-order chi connectivity index (χ1) is 8.31. The number of nitrogens with zero attached hydrogens (tertiary/aromatic N) is 2. The first kappa shape index (κ1) is 11.6. The van der Waals surface area contributed by atoms with Crippen LogP contribution in [-0.2, 0) is 6.54 Å². The molecule has 2 rings (SSSR count). The minimum absolute atomic E-state index is 0.123. The number of benzene rings is 1. The summed E-state index contributed by atoms with van der Waals surface area (Å²) in [4.78, 5) is 4.08. The SMILES string of the molecule is CCC=C(F)Cn1cncc1-c1ccccc1. The van der Waals surface area contributed by atoms with Crippen molar-refractivity contribution in [2.45, 2.75) is 19.9 Å². The summed E-state index contributed by atoms with van der Waals surface area (Å²) in [5, 5.41) is 0. The van der Waals surface area contributed by atoms with Crippen LogP contribution < -0.4 is 0 Å². The minimum Gasteiger partial charge on any atom is -0.324 e. The molecular formula is C14H15FN2. The van der Waals surface area contributed by atoms with Crippen LogP contribution in [0.25, 0.3) is 11.3 Å². The Balaban J connectivity index is 2.27. The van der Waals surface area contributed by atoms with Crippen LogP contribution in [0.4, 0.5) is 4.39 Å². The molecular weight excluding hydrogens is 215 g/mol. The van der Waals surface area contributed by atoms with Gasteiger partial charge in [0.15, 0.2) is 0 Å². The third-order valence-electron chi connectivity index (χ3n) is 2.53. The van der Waals surface area contributed by atoms with E-state index in [1.807, 2.05) is 41.8 Å². The molecule has 1 aromatic heterocycles. The van der Waals surface area contributed by atoms with Crippen LogP contribution in [0.5, 0.6) is 0 Å². The third kappa shape index (κ3) is 2.81. The van der Waals surface area contributed by atoms with E-state index >= 15 is 0 Å². The zero-order valence-corrected chi connectivity index (χ0v) is 9.81. The highest BCUT2D eigenvalue weighted by Crippen LogP contribution is 2.19. The van der Waals surface area contributed by atoms with Gasteiger partial charge in [0.25, 0.3) is 0 Å². The molecule has 1 aromatic carbocycles. The molecule has 3 heteroatoms. The first-order valence-corrected chi connectivity index (χ1v) is 5.71. The second kappa shape index (κ2) is 5.43. The fraction of sp³-hybridized carbons (Fsp3) is 0.214. The molecule has 17 heavy (non-hydrogen) atoms. The molecule has 2 nitrogen and oxygen atoms in total. The average molecular weight is 230 g/mol. The fourth-order valence-electron chi connectivity index (χ4n) is 1.74. The molecule has 0 saturated heterocycles. The van der Waals surface area contributed by atoms with E-state index in [-0.39, 0.29) is 12.4 Å². The maximum absolute atomic E-state index is 13.5. The summed E-state index contributed by atoms with van der Waals surface area (Å²) in [6.07, 6.45) is 5.72. The lowest BCUT2D eigenvalue weighted by molar-refractivity contribution is 0.553. The first-order valence-electron chi connectivity index (χ1n) is 5.71. The van der Waals surface area contributed by atoms with Crippen molar-refractivity contribution in [1.82, 2.24) is 9.55 Å². The van der Waals surface area contributed by atoms with E-state index in [2.05, 4.69) is 4.98 Å². The highest BCUT2D eigenvalue weighted by molar-refractivity contribution is 5.58. The Kier molecular flexibility index (Phi) is 3.70. The Morgan fingerprint density at radius 3 is 2.82 bits per heavy atom. The minimum atomic E-state index is -0.123. The Hall–Kier alpha value is -1.90. The van der Waals surface area contributed by atoms with Gasteiger partial charge in [0.05, 0.1) is 24.8 Å². The number of hydrogen-bond acceptors (Lipinski definition) is 1. The number of halogens is 1. The van der Waals surface area contributed by atoms with Gasteiger partial charge in [-0.1, -0.05) is 43.3 Å². The van der Waals surface area contributed by atoms with Crippen LogP contribution >= 0.6 is 0 Å². The Morgan fingerprint density at radius 1 is 1.35 bits per heavy atom. The average Bonchev–Trinajstić information content (AvgIpc) is 2.78. The van der Waals surface area contributed by atoms with E-state index in [0.717, 1.165) is 11.3 Å². The third-order valence-corrected chi connectivity index (χ3v) is 2.53. The maximum atomic E-state index is 13.5. The molecule has 0 atom stereocenters. The fourth-order valence-corrected chi connectivity index (χ4v) is 1.74. The van der Waals surface area contributed by atoms with Crippen molar-refractivity contribution in [3.63, 3.8) is 0 Å². The van der Waals surface area contributed by atoms with E-state index < -0.39 is 0 Å². The molecule has 0 aliphatic heterocycles. The van der Waals surface area contributed by atoms with Gasteiger partial charge in [-0.2, -0.15) is 0 Å². The molecule has 0 amide bonds. The number of hydrogen-bond donors (Lipinski definition) is 0. The predicted octanol–water partition coefficient (Wildman–Crippen LogP) is 3.81. The van der Waals surface area contributed by atoms with Crippen LogP contribution in [0.3, 0.4) is 0 Å². The summed E-state index contributed by atoms with van der Waals surface area (Å²) in [7, 11) is 0. The van der Waals surface area contributed by atoms with E-state index in [4.69, 9.17) is 0 Å². The van der Waals surface area contributed by atoms with Gasteiger partial charge in [-0.15, -0.1) is 0 Å². The number of aromatic nitrogens is 2. The Labute approximate surface area is 100 Å². The lowest BCUT2D eigenvalue weighted by atomic mass is 10.2. The summed E-state index contributed by atoms with van der Waals surface area (Å²) in [5.74, 6) is -0.123. The quantitative estimate of drug-likeness (QED) is 0.780. The molecule has 0 bridgehead atoms. The van der Waals surface area contributed by atoms with Crippen molar-refractivity contribution in [2.24, 2.45) is 0 Å². The summed E-state index contributed by atoms with van der Waals surface area (Å²) >= 11 is 0. The van der Waals surface area contributed by atoms with Crippen molar-refractivity contribution in [2.75, 3.05) is 0 Å². The Bertz CT molecular complexity index is 500. The van der Waals surface area contributed by atoms with Gasteiger partial charge in [0.1, 0.15) is 5.83 Å². The molecule has 0 radical (unpaired) electrons. The predicted molar refractivity (Wildman–Crippen MR) is 67.1 cm³/mol. The summed E-state index contributed by atoms with van der Waals surface area (Å²) in [5.41, 5.74) is 1.99. The monoisotopic (exact) mass is 230 g/mol. The lowest BCUT2D eigenvalue weighted by Crippen LogP contribution is -1.99. The van der Waals surface area contributed by atoms with Crippen molar-refractivity contribution < 1.29 is 4.39 Å². The van der Waals surface area contributed by atoms with Crippen molar-refractivity contribution in [3.05, 3.63) is 54.8 Å². The van der Waals surface area contributed by atoms with Crippen LogP contribution in [0, 0.1) is 0 Å². The van der Waals surface area contributed by atoms with E-state index in [0.29, 0.717) is 6.42 Å². The van der Waals surface area contributed by atoms with Crippen LogP contribution in [0.1, 0.15) is 13.3 Å². The topological polar surface area (TPSA) is 17.8 Å². The van der Waals surface area contributed by atoms with Crippen LogP contribution in [-0.4, -0.2) is 9.55 Å². The Morgan fingerprint density at radius 2 is 2.12 bits per heavy atom. The van der Waals surface area contributed by atoms with Crippen LogP contribution in [0.2, 0.25) is 0 Å². The molecule has 0 saturated carbocycles. The normalized spacial score (nSPS) is 11.8. The molecule has 1 heterocycles. The summed E-state index contributed by atoms with van der Waals surface area (Å²) in [6, 6.07) is 9.88. The molecule has 0 N–H and O–H groups in total.